The summed E-state index contributed by atoms with van der Waals surface area (Å²) in [7, 11) is 3.53. The van der Waals surface area contributed by atoms with E-state index in [9.17, 15) is 9.59 Å². The van der Waals surface area contributed by atoms with Gasteiger partial charge in [-0.25, -0.2) is 0 Å². The van der Waals surface area contributed by atoms with E-state index < -0.39 is 5.92 Å². The normalized spacial score (nSPS) is 21.7. The number of hydrogen-bond donors (Lipinski definition) is 1. The van der Waals surface area contributed by atoms with E-state index >= 15 is 0 Å². The number of halogens is 1. The molecule has 2 amide bonds. The van der Waals surface area contributed by atoms with Crippen molar-refractivity contribution in [1.82, 2.24) is 9.80 Å². The summed E-state index contributed by atoms with van der Waals surface area (Å²) in [6.45, 7) is 4.74. The molecule has 2 N–H and O–H groups in total. The second-order valence-electron chi connectivity index (χ2n) is 7.27. The maximum atomic E-state index is 13.0. The van der Waals surface area contributed by atoms with E-state index in [0.29, 0.717) is 17.5 Å². The molecule has 0 saturated carbocycles. The van der Waals surface area contributed by atoms with E-state index in [4.69, 9.17) is 17.3 Å². The van der Waals surface area contributed by atoms with Crippen molar-refractivity contribution >= 4 is 23.4 Å². The lowest BCUT2D eigenvalue weighted by atomic mass is 9.92. The Morgan fingerprint density at radius 1 is 1.44 bits per heavy atom. The molecule has 1 heterocycles. The van der Waals surface area contributed by atoms with Gasteiger partial charge in [-0.1, -0.05) is 37.6 Å². The first-order valence-corrected chi connectivity index (χ1v) is 9.11. The predicted octanol–water partition coefficient (Wildman–Crippen LogP) is 2.69. The minimum atomic E-state index is -0.392. The van der Waals surface area contributed by atoms with E-state index in [0.717, 1.165) is 12.0 Å². The first kappa shape index (κ1) is 19.7. The second-order valence-corrected chi connectivity index (χ2v) is 7.71. The van der Waals surface area contributed by atoms with Gasteiger partial charge in [-0.05, 0) is 30.0 Å². The Labute approximate surface area is 155 Å². The van der Waals surface area contributed by atoms with Gasteiger partial charge in [-0.3, -0.25) is 9.59 Å². The zero-order chi connectivity index (χ0) is 18.7. The van der Waals surface area contributed by atoms with Gasteiger partial charge in [0, 0.05) is 38.1 Å². The number of benzene rings is 1. The third-order valence-electron chi connectivity index (χ3n) is 5.12. The Morgan fingerprint density at radius 2 is 2.12 bits per heavy atom. The number of rotatable bonds is 6. The van der Waals surface area contributed by atoms with Gasteiger partial charge in [0.05, 0.1) is 12.0 Å². The SMILES string of the molecule is CC(C)C(N)CCN(C)C(=O)C1CC(=O)N(C)C1c1cccc(Cl)c1. The van der Waals surface area contributed by atoms with Crippen LogP contribution >= 0.6 is 11.6 Å². The lowest BCUT2D eigenvalue weighted by molar-refractivity contribution is -0.135. The monoisotopic (exact) mass is 365 g/mol. The summed E-state index contributed by atoms with van der Waals surface area (Å²) in [5, 5.41) is 0.604. The molecule has 1 aromatic rings. The smallest absolute Gasteiger partial charge is 0.228 e. The quantitative estimate of drug-likeness (QED) is 0.842. The van der Waals surface area contributed by atoms with Crippen molar-refractivity contribution < 1.29 is 9.59 Å². The van der Waals surface area contributed by atoms with Gasteiger partial charge in [0.15, 0.2) is 0 Å². The van der Waals surface area contributed by atoms with Gasteiger partial charge in [-0.2, -0.15) is 0 Å². The van der Waals surface area contributed by atoms with Gasteiger partial charge in [0.25, 0.3) is 0 Å². The Bertz CT molecular complexity index is 635. The second kappa shape index (κ2) is 8.19. The Hall–Kier alpha value is -1.59. The number of nitrogens with two attached hydrogens (primary N) is 1. The third-order valence-corrected chi connectivity index (χ3v) is 5.36. The molecule has 6 heteroatoms. The number of likely N-dealkylation sites (tertiary alicyclic amines) is 1. The third kappa shape index (κ3) is 4.53. The molecule has 0 radical (unpaired) electrons. The number of amides is 2. The van der Waals surface area contributed by atoms with E-state index in [1.54, 1.807) is 30.0 Å². The molecule has 1 saturated heterocycles. The van der Waals surface area contributed by atoms with Gasteiger partial charge >= 0.3 is 0 Å². The summed E-state index contributed by atoms with van der Waals surface area (Å²) in [4.78, 5) is 28.6. The number of hydrogen-bond acceptors (Lipinski definition) is 3. The summed E-state index contributed by atoms with van der Waals surface area (Å²) in [6, 6.07) is 7.17. The Morgan fingerprint density at radius 3 is 2.72 bits per heavy atom. The standard InChI is InChI=1S/C19H28ClN3O2/c1-12(2)16(21)8-9-22(3)19(25)15-11-17(24)23(4)18(15)13-6-5-7-14(20)10-13/h5-7,10,12,15-16,18H,8-9,11,21H2,1-4H3. The molecule has 0 aromatic heterocycles. The highest BCUT2D eigenvalue weighted by Gasteiger charge is 2.43. The van der Waals surface area contributed by atoms with Crippen LogP contribution in [0.15, 0.2) is 24.3 Å². The molecule has 138 valence electrons. The van der Waals surface area contributed by atoms with Crippen molar-refractivity contribution in [2.75, 3.05) is 20.6 Å². The molecule has 0 spiro atoms. The van der Waals surface area contributed by atoms with Crippen molar-refractivity contribution in [3.63, 3.8) is 0 Å². The summed E-state index contributed by atoms with van der Waals surface area (Å²) in [5.74, 6) is -0.0487. The van der Waals surface area contributed by atoms with Crippen LogP contribution in [0, 0.1) is 11.8 Å². The topological polar surface area (TPSA) is 66.6 Å². The summed E-state index contributed by atoms with van der Waals surface area (Å²) in [6.07, 6.45) is 0.978. The van der Waals surface area contributed by atoms with Crippen LogP contribution in [0.3, 0.4) is 0 Å². The molecular formula is C19H28ClN3O2. The first-order valence-electron chi connectivity index (χ1n) is 8.74. The van der Waals surface area contributed by atoms with Crippen LogP contribution in [0.2, 0.25) is 5.02 Å². The summed E-state index contributed by atoms with van der Waals surface area (Å²) >= 11 is 6.10. The van der Waals surface area contributed by atoms with Gasteiger partial charge in [0.2, 0.25) is 11.8 Å². The highest BCUT2D eigenvalue weighted by molar-refractivity contribution is 6.30. The fraction of sp³-hybridized carbons (Fsp3) is 0.579. The average Bonchev–Trinajstić information content (AvgIpc) is 2.86. The molecule has 3 unspecified atom stereocenters. The van der Waals surface area contributed by atoms with E-state index in [-0.39, 0.29) is 30.3 Å². The lowest BCUT2D eigenvalue weighted by Gasteiger charge is -2.29. The molecule has 1 fully saturated rings. The van der Waals surface area contributed by atoms with Crippen LogP contribution in [0.4, 0.5) is 0 Å². The molecule has 0 bridgehead atoms. The highest BCUT2D eigenvalue weighted by Crippen LogP contribution is 2.38. The molecule has 5 nitrogen and oxygen atoms in total. The maximum Gasteiger partial charge on any atom is 0.228 e. The van der Waals surface area contributed by atoms with Crippen molar-refractivity contribution in [1.29, 1.82) is 0 Å². The fourth-order valence-corrected chi connectivity index (χ4v) is 3.51. The molecule has 1 aromatic carbocycles. The van der Waals surface area contributed by atoms with Crippen molar-refractivity contribution in [3.8, 4) is 0 Å². The van der Waals surface area contributed by atoms with Crippen LogP contribution in [-0.2, 0) is 9.59 Å². The summed E-state index contributed by atoms with van der Waals surface area (Å²) < 4.78 is 0. The largest absolute Gasteiger partial charge is 0.345 e. The molecule has 2 rings (SSSR count). The zero-order valence-electron chi connectivity index (χ0n) is 15.4. The van der Waals surface area contributed by atoms with Gasteiger partial charge in [-0.15, -0.1) is 0 Å². The van der Waals surface area contributed by atoms with Crippen molar-refractivity contribution in [2.24, 2.45) is 17.6 Å². The number of carbonyl (C=O) groups excluding carboxylic acids is 2. The van der Waals surface area contributed by atoms with Crippen LogP contribution in [-0.4, -0.2) is 48.3 Å². The van der Waals surface area contributed by atoms with E-state index in [2.05, 4.69) is 13.8 Å². The van der Waals surface area contributed by atoms with E-state index in [1.165, 1.54) is 0 Å². The lowest BCUT2D eigenvalue weighted by Crippen LogP contribution is -2.39. The fourth-order valence-electron chi connectivity index (χ4n) is 3.31. The van der Waals surface area contributed by atoms with Crippen LogP contribution < -0.4 is 5.73 Å². The van der Waals surface area contributed by atoms with Gasteiger partial charge in [0.1, 0.15) is 0 Å². The van der Waals surface area contributed by atoms with Gasteiger partial charge < -0.3 is 15.5 Å². The molecule has 0 aliphatic carbocycles. The maximum absolute atomic E-state index is 13.0. The number of nitrogens with zero attached hydrogens (tertiary/aromatic N) is 2. The Kier molecular flexibility index (Phi) is 6.47. The molecular weight excluding hydrogens is 338 g/mol. The zero-order valence-corrected chi connectivity index (χ0v) is 16.2. The van der Waals surface area contributed by atoms with Crippen LogP contribution in [0.25, 0.3) is 0 Å². The van der Waals surface area contributed by atoms with Crippen LogP contribution in [0.5, 0.6) is 0 Å². The molecule has 25 heavy (non-hydrogen) atoms. The Balaban J connectivity index is 2.14. The van der Waals surface area contributed by atoms with Crippen molar-refractivity contribution in [3.05, 3.63) is 34.9 Å². The summed E-state index contributed by atoms with van der Waals surface area (Å²) in [5.41, 5.74) is 6.98. The first-order chi connectivity index (χ1) is 11.7. The molecule has 3 atom stereocenters. The number of carbonyl (C=O) groups is 2. The highest BCUT2D eigenvalue weighted by atomic mass is 35.5. The van der Waals surface area contributed by atoms with Crippen LogP contribution in [0.1, 0.15) is 38.3 Å². The molecule has 1 aliphatic heterocycles. The molecule has 1 aliphatic rings. The predicted molar refractivity (Wildman–Crippen MR) is 100 cm³/mol. The minimum absolute atomic E-state index is 0.0152. The average molecular weight is 366 g/mol. The van der Waals surface area contributed by atoms with Crippen molar-refractivity contribution in [2.45, 2.75) is 38.8 Å². The van der Waals surface area contributed by atoms with E-state index in [1.807, 2.05) is 18.2 Å². The minimum Gasteiger partial charge on any atom is -0.345 e.